The van der Waals surface area contributed by atoms with Gasteiger partial charge in [-0.1, -0.05) is 27.2 Å². The number of nitrogens with two attached hydrogens (primary N) is 1. The van der Waals surface area contributed by atoms with Crippen LogP contribution in [0.1, 0.15) is 40.0 Å². The molecule has 14 heavy (non-hydrogen) atoms. The molecule has 1 fully saturated rings. The summed E-state index contributed by atoms with van der Waals surface area (Å²) < 4.78 is 4.71. The van der Waals surface area contributed by atoms with E-state index in [1.807, 2.05) is 0 Å². The minimum Gasteiger partial charge on any atom is -0.468 e. The van der Waals surface area contributed by atoms with E-state index in [0.717, 1.165) is 19.3 Å². The minimum atomic E-state index is -0.456. The van der Waals surface area contributed by atoms with Crippen LogP contribution in [0.15, 0.2) is 0 Å². The molecule has 3 heteroatoms. The van der Waals surface area contributed by atoms with Crippen molar-refractivity contribution in [2.24, 2.45) is 16.6 Å². The molecule has 0 aromatic heterocycles. The molecule has 0 amide bonds. The average molecular weight is 199 g/mol. The van der Waals surface area contributed by atoms with Crippen LogP contribution in [0.5, 0.6) is 0 Å². The lowest BCUT2D eigenvalue weighted by atomic mass is 9.70. The van der Waals surface area contributed by atoms with Crippen molar-refractivity contribution in [1.82, 2.24) is 0 Å². The molecular weight excluding hydrogens is 178 g/mol. The zero-order valence-electron chi connectivity index (χ0n) is 9.59. The number of esters is 1. The van der Waals surface area contributed by atoms with E-state index in [9.17, 15) is 4.79 Å². The molecule has 1 rings (SSSR count). The quantitative estimate of drug-likeness (QED) is 0.701. The number of ether oxygens (including phenoxy) is 1. The molecule has 0 aromatic rings. The first kappa shape index (κ1) is 11.5. The van der Waals surface area contributed by atoms with Crippen molar-refractivity contribution in [3.05, 3.63) is 0 Å². The Morgan fingerprint density at radius 1 is 1.57 bits per heavy atom. The van der Waals surface area contributed by atoms with Gasteiger partial charge < -0.3 is 10.5 Å². The topological polar surface area (TPSA) is 52.3 Å². The Morgan fingerprint density at radius 3 is 2.36 bits per heavy atom. The monoisotopic (exact) mass is 199 g/mol. The normalized spacial score (nSPS) is 21.5. The molecule has 0 aliphatic heterocycles. The molecule has 1 aliphatic carbocycles. The van der Waals surface area contributed by atoms with E-state index in [-0.39, 0.29) is 16.8 Å². The summed E-state index contributed by atoms with van der Waals surface area (Å²) in [6, 6.07) is -0.456. The fraction of sp³-hybridized carbons (Fsp3) is 0.909. The fourth-order valence-corrected chi connectivity index (χ4v) is 2.25. The number of hydrogen-bond acceptors (Lipinski definition) is 3. The third kappa shape index (κ3) is 1.54. The third-order valence-electron chi connectivity index (χ3n) is 4.07. The predicted octanol–water partition coefficient (Wildman–Crippen LogP) is 1.70. The van der Waals surface area contributed by atoms with Crippen LogP contribution in [-0.2, 0) is 9.53 Å². The Morgan fingerprint density at radius 2 is 2.07 bits per heavy atom. The lowest BCUT2D eigenvalue weighted by molar-refractivity contribution is -0.145. The highest BCUT2D eigenvalue weighted by atomic mass is 16.5. The highest BCUT2D eigenvalue weighted by Gasteiger charge is 2.59. The maximum absolute atomic E-state index is 11.4. The molecule has 0 bridgehead atoms. The Hall–Kier alpha value is -0.570. The zero-order chi connectivity index (χ0) is 11.0. The van der Waals surface area contributed by atoms with Crippen molar-refractivity contribution in [3.8, 4) is 0 Å². The summed E-state index contributed by atoms with van der Waals surface area (Å²) in [5, 5.41) is 0. The Bertz CT molecular complexity index is 231. The molecule has 0 saturated heterocycles. The molecule has 82 valence electrons. The summed E-state index contributed by atoms with van der Waals surface area (Å²) in [5.74, 6) is -0.274. The van der Waals surface area contributed by atoms with E-state index in [2.05, 4.69) is 20.8 Å². The van der Waals surface area contributed by atoms with Gasteiger partial charge in [0.1, 0.15) is 6.04 Å². The first-order valence-electron chi connectivity index (χ1n) is 5.24. The summed E-state index contributed by atoms with van der Waals surface area (Å²) in [4.78, 5) is 11.4. The second-order valence-corrected chi connectivity index (χ2v) is 4.89. The van der Waals surface area contributed by atoms with Crippen LogP contribution in [0.4, 0.5) is 0 Å². The SMILES string of the molecule is CCC(C)(C)C1(C(N)C(=O)OC)CC1. The van der Waals surface area contributed by atoms with Crippen LogP contribution in [-0.4, -0.2) is 19.1 Å². The van der Waals surface area contributed by atoms with E-state index in [4.69, 9.17) is 10.5 Å². The minimum absolute atomic E-state index is 0.0190. The highest BCUT2D eigenvalue weighted by Crippen LogP contribution is 2.61. The van der Waals surface area contributed by atoms with E-state index in [0.29, 0.717) is 0 Å². The van der Waals surface area contributed by atoms with Crippen LogP contribution in [0, 0.1) is 10.8 Å². The number of rotatable bonds is 4. The second-order valence-electron chi connectivity index (χ2n) is 4.89. The van der Waals surface area contributed by atoms with Crippen molar-refractivity contribution >= 4 is 5.97 Å². The van der Waals surface area contributed by atoms with Gasteiger partial charge in [0, 0.05) is 5.41 Å². The molecule has 1 saturated carbocycles. The Kier molecular flexibility index (Phi) is 2.91. The first-order chi connectivity index (χ1) is 6.41. The van der Waals surface area contributed by atoms with Crippen LogP contribution in [0.3, 0.4) is 0 Å². The molecule has 0 heterocycles. The van der Waals surface area contributed by atoms with E-state index in [1.54, 1.807) is 0 Å². The maximum Gasteiger partial charge on any atom is 0.323 e. The summed E-state index contributed by atoms with van der Waals surface area (Å²) in [6.07, 6.45) is 3.13. The summed E-state index contributed by atoms with van der Waals surface area (Å²) >= 11 is 0. The van der Waals surface area contributed by atoms with Gasteiger partial charge in [0.15, 0.2) is 0 Å². The molecule has 1 aliphatic rings. The molecule has 0 radical (unpaired) electrons. The lowest BCUT2D eigenvalue weighted by Gasteiger charge is -2.36. The van der Waals surface area contributed by atoms with E-state index in [1.165, 1.54) is 7.11 Å². The van der Waals surface area contributed by atoms with Crippen LogP contribution in [0.2, 0.25) is 0 Å². The first-order valence-corrected chi connectivity index (χ1v) is 5.24. The highest BCUT2D eigenvalue weighted by molar-refractivity contribution is 5.77. The van der Waals surface area contributed by atoms with Crippen LogP contribution < -0.4 is 5.73 Å². The van der Waals surface area contributed by atoms with Gasteiger partial charge in [-0.15, -0.1) is 0 Å². The predicted molar refractivity (Wildman–Crippen MR) is 55.7 cm³/mol. The smallest absolute Gasteiger partial charge is 0.323 e. The molecule has 1 unspecified atom stereocenters. The lowest BCUT2D eigenvalue weighted by Crippen LogP contribution is -2.47. The fourth-order valence-electron chi connectivity index (χ4n) is 2.25. The second kappa shape index (κ2) is 3.54. The van der Waals surface area contributed by atoms with Crippen LogP contribution >= 0.6 is 0 Å². The van der Waals surface area contributed by atoms with Crippen LogP contribution in [0.25, 0.3) is 0 Å². The number of carbonyl (C=O) groups is 1. The average Bonchev–Trinajstić information content (AvgIpc) is 2.96. The van der Waals surface area contributed by atoms with Crippen molar-refractivity contribution in [3.63, 3.8) is 0 Å². The van der Waals surface area contributed by atoms with Gasteiger partial charge in [-0.2, -0.15) is 0 Å². The van der Waals surface area contributed by atoms with Gasteiger partial charge >= 0.3 is 5.97 Å². The number of carbonyl (C=O) groups excluding carboxylic acids is 1. The van der Waals surface area contributed by atoms with Gasteiger partial charge in [0.05, 0.1) is 7.11 Å². The van der Waals surface area contributed by atoms with Gasteiger partial charge in [-0.25, -0.2) is 0 Å². The Labute approximate surface area is 86.0 Å². The molecule has 1 atom stereocenters. The molecule has 0 spiro atoms. The summed E-state index contributed by atoms with van der Waals surface area (Å²) in [5.41, 5.74) is 6.06. The maximum atomic E-state index is 11.4. The largest absolute Gasteiger partial charge is 0.468 e. The number of hydrogen-bond donors (Lipinski definition) is 1. The van der Waals surface area contributed by atoms with Gasteiger partial charge in [-0.3, -0.25) is 4.79 Å². The summed E-state index contributed by atoms with van der Waals surface area (Å²) in [7, 11) is 1.40. The molecule has 2 N–H and O–H groups in total. The van der Waals surface area contributed by atoms with Gasteiger partial charge in [-0.05, 0) is 18.3 Å². The zero-order valence-corrected chi connectivity index (χ0v) is 9.59. The molecule has 3 nitrogen and oxygen atoms in total. The number of methoxy groups -OCH3 is 1. The molecular formula is C11H21NO2. The third-order valence-corrected chi connectivity index (χ3v) is 4.07. The van der Waals surface area contributed by atoms with Crippen molar-refractivity contribution < 1.29 is 9.53 Å². The van der Waals surface area contributed by atoms with E-state index >= 15 is 0 Å². The van der Waals surface area contributed by atoms with E-state index < -0.39 is 6.04 Å². The Balaban J connectivity index is 2.81. The molecule has 0 aromatic carbocycles. The summed E-state index contributed by atoms with van der Waals surface area (Å²) in [6.45, 7) is 6.51. The van der Waals surface area contributed by atoms with Gasteiger partial charge in [0.25, 0.3) is 0 Å². The van der Waals surface area contributed by atoms with Crippen molar-refractivity contribution in [1.29, 1.82) is 0 Å². The van der Waals surface area contributed by atoms with Crippen molar-refractivity contribution in [2.75, 3.05) is 7.11 Å². The van der Waals surface area contributed by atoms with Gasteiger partial charge in [0.2, 0.25) is 0 Å². The van der Waals surface area contributed by atoms with Crippen molar-refractivity contribution in [2.45, 2.75) is 46.1 Å². The standard InChI is InChI=1S/C11H21NO2/c1-5-10(2,3)11(6-7-11)8(12)9(13)14-4/h8H,5-7,12H2,1-4H3.